The first-order valence-corrected chi connectivity index (χ1v) is 8.26. The zero-order valence-electron chi connectivity index (χ0n) is 14.0. The first-order valence-electron chi connectivity index (χ1n) is 8.26. The van der Waals surface area contributed by atoms with Gasteiger partial charge in [-0.1, -0.05) is 31.4 Å². The maximum absolute atomic E-state index is 12.5. The number of rotatable bonds is 6. The minimum Gasteiger partial charge on any atom is -0.492 e. The fourth-order valence-corrected chi connectivity index (χ4v) is 3.08. The molecule has 23 heavy (non-hydrogen) atoms. The molecule has 2 rings (SSSR count). The van der Waals surface area contributed by atoms with E-state index in [0.29, 0.717) is 6.61 Å². The van der Waals surface area contributed by atoms with Crippen molar-refractivity contribution in [2.45, 2.75) is 44.6 Å². The van der Waals surface area contributed by atoms with Crippen LogP contribution in [0.1, 0.15) is 39.0 Å². The Hall–Kier alpha value is -2.22. The normalized spacial score (nSPS) is 16.2. The lowest BCUT2D eigenvalue weighted by Gasteiger charge is -2.39. The molecule has 1 saturated carbocycles. The molecule has 0 bridgehead atoms. The number of hydrogen-bond acceptors (Lipinski definition) is 4. The Morgan fingerprint density at radius 3 is 2.70 bits per heavy atom. The summed E-state index contributed by atoms with van der Waals surface area (Å²) >= 11 is 0. The van der Waals surface area contributed by atoms with Crippen LogP contribution in [0, 0.1) is 11.3 Å². The highest BCUT2D eigenvalue weighted by atomic mass is 16.5. The van der Waals surface area contributed by atoms with Crippen molar-refractivity contribution < 1.29 is 9.53 Å². The van der Waals surface area contributed by atoms with Gasteiger partial charge in [0, 0.05) is 7.05 Å². The van der Waals surface area contributed by atoms with Gasteiger partial charge in [0.2, 0.25) is 5.91 Å². The minimum absolute atomic E-state index is 0.0697. The summed E-state index contributed by atoms with van der Waals surface area (Å²) < 4.78 is 5.55. The molecule has 5 nitrogen and oxygen atoms in total. The summed E-state index contributed by atoms with van der Waals surface area (Å²) in [6, 6.07) is 9.94. The van der Waals surface area contributed by atoms with Gasteiger partial charge in [-0.3, -0.25) is 4.79 Å². The third kappa shape index (κ3) is 3.95. The van der Waals surface area contributed by atoms with Crippen molar-refractivity contribution in [2.24, 2.45) is 0 Å². The summed E-state index contributed by atoms with van der Waals surface area (Å²) in [7, 11) is 1.74. The van der Waals surface area contributed by atoms with E-state index in [2.05, 4.69) is 11.4 Å². The molecule has 0 unspecified atom stereocenters. The smallest absolute Gasteiger partial charge is 0.242 e. The molecule has 1 aliphatic rings. The molecule has 1 aliphatic carbocycles. The molecule has 1 fully saturated rings. The molecule has 1 amide bonds. The maximum Gasteiger partial charge on any atom is 0.242 e. The number of amides is 1. The Kier molecular flexibility index (Phi) is 5.86. The van der Waals surface area contributed by atoms with Crippen molar-refractivity contribution >= 4 is 11.6 Å². The Balaban J connectivity index is 2.00. The fraction of sp³-hybridized carbons (Fsp3) is 0.556. The van der Waals surface area contributed by atoms with E-state index in [0.717, 1.165) is 43.5 Å². The summed E-state index contributed by atoms with van der Waals surface area (Å²) in [4.78, 5) is 14.1. The molecule has 0 atom stereocenters. The van der Waals surface area contributed by atoms with Crippen molar-refractivity contribution in [2.75, 3.05) is 25.5 Å². The topological polar surface area (TPSA) is 65.4 Å². The molecule has 0 radical (unpaired) electrons. The molecule has 5 heteroatoms. The highest BCUT2D eigenvalue weighted by molar-refractivity contribution is 5.82. The standard InChI is InChI=1S/C18H25N3O2/c1-3-23-16-10-6-5-9-15(16)20-13-17(22)21(2)18(14-19)11-7-4-8-12-18/h5-6,9-10,20H,3-4,7-8,11-13H2,1-2H3. The van der Waals surface area contributed by atoms with E-state index in [9.17, 15) is 10.1 Å². The monoisotopic (exact) mass is 315 g/mol. The second kappa shape index (κ2) is 7.87. The van der Waals surface area contributed by atoms with Crippen molar-refractivity contribution in [3.8, 4) is 11.8 Å². The lowest BCUT2D eigenvalue weighted by Crippen LogP contribution is -2.51. The molecule has 0 aromatic heterocycles. The quantitative estimate of drug-likeness (QED) is 0.875. The van der Waals surface area contributed by atoms with Crippen molar-refractivity contribution in [1.29, 1.82) is 5.26 Å². The lowest BCUT2D eigenvalue weighted by atomic mass is 9.81. The van der Waals surface area contributed by atoms with Crippen LogP contribution in [0.2, 0.25) is 0 Å². The van der Waals surface area contributed by atoms with Crippen LogP contribution in [0.4, 0.5) is 5.69 Å². The van der Waals surface area contributed by atoms with Crippen LogP contribution in [0.15, 0.2) is 24.3 Å². The number of nitrogens with one attached hydrogen (secondary N) is 1. The second-order valence-corrected chi connectivity index (χ2v) is 5.94. The van der Waals surface area contributed by atoms with Crippen LogP contribution in [0.3, 0.4) is 0 Å². The number of anilines is 1. The zero-order valence-corrected chi connectivity index (χ0v) is 14.0. The third-order valence-corrected chi connectivity index (χ3v) is 4.52. The van der Waals surface area contributed by atoms with E-state index >= 15 is 0 Å². The van der Waals surface area contributed by atoms with Crippen LogP contribution in [-0.4, -0.2) is 36.5 Å². The van der Waals surface area contributed by atoms with E-state index in [1.165, 1.54) is 0 Å². The van der Waals surface area contributed by atoms with Crippen LogP contribution in [0.25, 0.3) is 0 Å². The zero-order chi connectivity index (χ0) is 16.7. The summed E-state index contributed by atoms with van der Waals surface area (Å²) in [5.74, 6) is 0.665. The summed E-state index contributed by atoms with van der Waals surface area (Å²) in [6.45, 7) is 2.66. The van der Waals surface area contributed by atoms with Crippen molar-refractivity contribution in [3.63, 3.8) is 0 Å². The molecular weight excluding hydrogens is 290 g/mol. The number of ether oxygens (including phenoxy) is 1. The molecule has 1 aromatic rings. The number of carbonyl (C=O) groups excluding carboxylic acids is 1. The summed E-state index contributed by atoms with van der Waals surface area (Å²) in [5.41, 5.74) is 0.155. The van der Waals surface area contributed by atoms with E-state index in [1.54, 1.807) is 11.9 Å². The van der Waals surface area contributed by atoms with Gasteiger partial charge in [0.05, 0.1) is 24.9 Å². The number of nitriles is 1. The van der Waals surface area contributed by atoms with Gasteiger partial charge in [-0.15, -0.1) is 0 Å². The predicted molar refractivity (Wildman–Crippen MR) is 90.3 cm³/mol. The van der Waals surface area contributed by atoms with Gasteiger partial charge in [0.25, 0.3) is 0 Å². The lowest BCUT2D eigenvalue weighted by molar-refractivity contribution is -0.132. The molecule has 0 aliphatic heterocycles. The molecule has 124 valence electrons. The van der Waals surface area contributed by atoms with Gasteiger partial charge in [-0.2, -0.15) is 5.26 Å². The summed E-state index contributed by atoms with van der Waals surface area (Å²) in [6.07, 6.45) is 4.69. The number of likely N-dealkylation sites (N-methyl/N-ethyl adjacent to an activating group) is 1. The predicted octanol–water partition coefficient (Wildman–Crippen LogP) is 3.18. The van der Waals surface area contributed by atoms with E-state index in [-0.39, 0.29) is 12.5 Å². The van der Waals surface area contributed by atoms with Crippen LogP contribution in [-0.2, 0) is 4.79 Å². The number of benzene rings is 1. The van der Waals surface area contributed by atoms with Gasteiger partial charge < -0.3 is 15.0 Å². The van der Waals surface area contributed by atoms with E-state index in [4.69, 9.17) is 4.74 Å². The van der Waals surface area contributed by atoms with Crippen molar-refractivity contribution in [1.82, 2.24) is 4.90 Å². The second-order valence-electron chi connectivity index (χ2n) is 5.94. The molecule has 1 aromatic carbocycles. The van der Waals surface area contributed by atoms with E-state index < -0.39 is 5.54 Å². The van der Waals surface area contributed by atoms with Crippen LogP contribution >= 0.6 is 0 Å². The molecule has 1 N–H and O–H groups in total. The maximum atomic E-state index is 12.5. The fourth-order valence-electron chi connectivity index (χ4n) is 3.08. The van der Waals surface area contributed by atoms with Gasteiger partial charge in [-0.25, -0.2) is 0 Å². The average Bonchev–Trinajstić information content (AvgIpc) is 2.61. The highest BCUT2D eigenvalue weighted by Gasteiger charge is 2.38. The Morgan fingerprint density at radius 1 is 1.35 bits per heavy atom. The number of nitrogens with zero attached hydrogens (tertiary/aromatic N) is 2. The SMILES string of the molecule is CCOc1ccccc1NCC(=O)N(C)C1(C#N)CCCCC1. The van der Waals surface area contributed by atoms with Gasteiger partial charge in [-0.05, 0) is 31.9 Å². The number of para-hydroxylation sites is 2. The first-order chi connectivity index (χ1) is 11.1. The summed E-state index contributed by atoms with van der Waals surface area (Å²) in [5, 5.41) is 12.7. The average molecular weight is 315 g/mol. The third-order valence-electron chi connectivity index (χ3n) is 4.52. The van der Waals surface area contributed by atoms with Gasteiger partial charge in [0.15, 0.2) is 0 Å². The largest absolute Gasteiger partial charge is 0.492 e. The highest BCUT2D eigenvalue weighted by Crippen LogP contribution is 2.32. The Morgan fingerprint density at radius 2 is 2.04 bits per heavy atom. The van der Waals surface area contributed by atoms with Gasteiger partial charge >= 0.3 is 0 Å². The Labute approximate surface area is 138 Å². The molecular formula is C18H25N3O2. The number of hydrogen-bond donors (Lipinski definition) is 1. The van der Waals surface area contributed by atoms with Gasteiger partial charge in [0.1, 0.15) is 11.3 Å². The first kappa shape index (κ1) is 17.1. The molecule has 0 saturated heterocycles. The molecule has 0 heterocycles. The minimum atomic E-state index is -0.642. The van der Waals surface area contributed by atoms with Crippen LogP contribution in [0.5, 0.6) is 5.75 Å². The Bertz CT molecular complexity index is 574. The van der Waals surface area contributed by atoms with E-state index in [1.807, 2.05) is 31.2 Å². The van der Waals surface area contributed by atoms with Crippen molar-refractivity contribution in [3.05, 3.63) is 24.3 Å². The number of carbonyl (C=O) groups is 1. The molecule has 0 spiro atoms. The van der Waals surface area contributed by atoms with Crippen LogP contribution < -0.4 is 10.1 Å².